The van der Waals surface area contributed by atoms with E-state index in [2.05, 4.69) is 15.3 Å². The summed E-state index contributed by atoms with van der Waals surface area (Å²) in [5.41, 5.74) is 3.16. The second-order valence-corrected chi connectivity index (χ2v) is 4.36. The van der Waals surface area contributed by atoms with E-state index in [1.807, 2.05) is 22.6 Å². The maximum absolute atomic E-state index is 12.0. The number of benzene rings is 1. The largest absolute Gasteiger partial charge is 0.573 e. The number of hydrogen-bond donors (Lipinski definition) is 1. The molecule has 0 aliphatic heterocycles. The lowest BCUT2D eigenvalue weighted by molar-refractivity contribution is -0.274. The van der Waals surface area contributed by atoms with Gasteiger partial charge in [-0.15, -0.1) is 13.2 Å². The van der Waals surface area contributed by atoms with Gasteiger partial charge < -0.3 is 9.47 Å². The van der Waals surface area contributed by atoms with E-state index in [4.69, 9.17) is 4.74 Å². The molecule has 0 aliphatic rings. The lowest BCUT2D eigenvalue weighted by Crippen LogP contribution is -2.20. The minimum Gasteiger partial charge on any atom is -0.461 e. The van der Waals surface area contributed by atoms with Gasteiger partial charge in [0.05, 0.1) is 16.7 Å². The van der Waals surface area contributed by atoms with Gasteiger partial charge >= 0.3 is 12.3 Å². The first-order chi connectivity index (χ1) is 9.85. The van der Waals surface area contributed by atoms with E-state index < -0.39 is 12.3 Å². The molecular weight excluding hydrogens is 404 g/mol. The summed E-state index contributed by atoms with van der Waals surface area (Å²) < 4.78 is 44.8. The van der Waals surface area contributed by atoms with Crippen LogP contribution in [0.3, 0.4) is 0 Å². The summed E-state index contributed by atoms with van der Waals surface area (Å²) in [5.74, 6) is -0.882. The zero-order valence-electron chi connectivity index (χ0n) is 10.9. The zero-order chi connectivity index (χ0) is 15.9. The molecule has 0 fully saturated rings. The molecule has 0 unspecified atom stereocenters. The van der Waals surface area contributed by atoms with Crippen LogP contribution in [0.5, 0.6) is 5.75 Å². The molecule has 0 saturated carbocycles. The van der Waals surface area contributed by atoms with Gasteiger partial charge in [0.15, 0.2) is 5.71 Å². The fraction of sp³-hybridized carbons (Fsp3) is 0.333. The molecule has 0 aliphatic carbocycles. The van der Waals surface area contributed by atoms with Crippen molar-refractivity contribution in [1.82, 2.24) is 0 Å². The molecule has 0 aromatic heterocycles. The number of alkyl halides is 4. The summed E-state index contributed by atoms with van der Waals surface area (Å²) in [4.78, 5) is 11.5. The fourth-order valence-corrected chi connectivity index (χ4v) is 1.69. The number of carbonyl (C=O) groups is 1. The van der Waals surface area contributed by atoms with Gasteiger partial charge in [0.1, 0.15) is 5.75 Å². The van der Waals surface area contributed by atoms with Gasteiger partial charge in [-0.2, -0.15) is 5.10 Å². The Morgan fingerprint density at radius 2 is 1.95 bits per heavy atom. The number of esters is 1. The first-order valence-corrected chi connectivity index (χ1v) is 7.29. The quantitative estimate of drug-likeness (QED) is 0.254. The van der Waals surface area contributed by atoms with Gasteiger partial charge in [-0.25, -0.2) is 4.79 Å². The first-order valence-electron chi connectivity index (χ1n) is 5.77. The summed E-state index contributed by atoms with van der Waals surface area (Å²) in [6.45, 7) is 1.91. The summed E-state index contributed by atoms with van der Waals surface area (Å²) in [6, 6.07) is 4.97. The van der Waals surface area contributed by atoms with Gasteiger partial charge in [-0.1, -0.05) is 22.6 Å². The highest BCUT2D eigenvalue weighted by molar-refractivity contribution is 14.1. The maximum atomic E-state index is 12.0. The number of halogens is 4. The molecule has 5 nitrogen and oxygen atoms in total. The molecule has 0 amide bonds. The van der Waals surface area contributed by atoms with Gasteiger partial charge in [-0.3, -0.25) is 5.43 Å². The summed E-state index contributed by atoms with van der Waals surface area (Å²) in [7, 11) is 0. The summed E-state index contributed by atoms with van der Waals surface area (Å²) >= 11 is 1.95. The third-order valence-corrected chi connectivity index (χ3v) is 2.77. The van der Waals surface area contributed by atoms with Crippen molar-refractivity contribution in [2.45, 2.75) is 13.3 Å². The SMILES string of the molecule is CCOC(=O)/C(CI)=N\Nc1ccc(OC(F)(F)F)cc1. The van der Waals surface area contributed by atoms with Crippen molar-refractivity contribution < 1.29 is 27.4 Å². The molecule has 0 radical (unpaired) electrons. The van der Waals surface area contributed by atoms with Crippen LogP contribution in [0.1, 0.15) is 6.92 Å². The van der Waals surface area contributed by atoms with Crippen molar-refractivity contribution in [3.05, 3.63) is 24.3 Å². The van der Waals surface area contributed by atoms with Gasteiger partial charge in [0.2, 0.25) is 0 Å². The van der Waals surface area contributed by atoms with Crippen LogP contribution < -0.4 is 10.2 Å². The van der Waals surface area contributed by atoms with Crippen molar-refractivity contribution in [3.8, 4) is 5.75 Å². The van der Waals surface area contributed by atoms with Crippen LogP contribution in [0.2, 0.25) is 0 Å². The van der Waals surface area contributed by atoms with E-state index >= 15 is 0 Å². The Morgan fingerprint density at radius 3 is 2.43 bits per heavy atom. The Bertz CT molecular complexity index is 503. The molecule has 21 heavy (non-hydrogen) atoms. The highest BCUT2D eigenvalue weighted by Gasteiger charge is 2.30. The number of nitrogens with zero attached hydrogens (tertiary/aromatic N) is 1. The smallest absolute Gasteiger partial charge is 0.461 e. The molecule has 1 aromatic rings. The van der Waals surface area contributed by atoms with Gasteiger partial charge in [-0.05, 0) is 31.2 Å². The molecule has 1 rings (SSSR count). The fourth-order valence-electron chi connectivity index (χ4n) is 1.21. The molecule has 0 heterocycles. The van der Waals surface area contributed by atoms with Crippen molar-refractivity contribution in [1.29, 1.82) is 0 Å². The molecule has 1 N–H and O–H groups in total. The Balaban J connectivity index is 2.68. The normalized spacial score (nSPS) is 12.0. The van der Waals surface area contributed by atoms with E-state index in [1.54, 1.807) is 6.92 Å². The minimum absolute atomic E-state index is 0.174. The Hall–Kier alpha value is -1.52. The van der Waals surface area contributed by atoms with Crippen LogP contribution in [-0.2, 0) is 9.53 Å². The number of carbonyl (C=O) groups excluding carboxylic acids is 1. The van der Waals surface area contributed by atoms with Gasteiger partial charge in [0, 0.05) is 0 Å². The Morgan fingerprint density at radius 1 is 1.33 bits per heavy atom. The number of nitrogens with one attached hydrogen (secondary N) is 1. The Kier molecular flexibility index (Phi) is 6.72. The maximum Gasteiger partial charge on any atom is 0.573 e. The summed E-state index contributed by atoms with van der Waals surface area (Å²) in [5, 5.41) is 3.86. The standard InChI is InChI=1S/C12H12F3IN2O3/c1-2-20-11(19)10(7-16)18-17-8-3-5-9(6-4-8)21-12(13,14)15/h3-6,17H,2,7H2,1H3/b18-10-. The van der Waals surface area contributed by atoms with Crippen molar-refractivity contribution >= 4 is 40.0 Å². The molecule has 9 heteroatoms. The monoisotopic (exact) mass is 416 g/mol. The average molecular weight is 416 g/mol. The topological polar surface area (TPSA) is 59.9 Å². The first kappa shape index (κ1) is 17.5. The third kappa shape index (κ3) is 6.65. The lowest BCUT2D eigenvalue weighted by atomic mass is 10.3. The zero-order valence-corrected chi connectivity index (χ0v) is 13.1. The molecule has 116 valence electrons. The Labute approximate surface area is 132 Å². The van der Waals surface area contributed by atoms with Crippen LogP contribution in [0, 0.1) is 0 Å². The van der Waals surface area contributed by atoms with Crippen molar-refractivity contribution in [3.63, 3.8) is 0 Å². The number of ether oxygens (including phenoxy) is 2. The second kappa shape index (κ2) is 8.05. The van der Waals surface area contributed by atoms with Crippen molar-refractivity contribution in [2.24, 2.45) is 5.10 Å². The predicted octanol–water partition coefficient (Wildman–Crippen LogP) is 3.35. The van der Waals surface area contributed by atoms with Crippen LogP contribution in [0.15, 0.2) is 29.4 Å². The average Bonchev–Trinajstić information content (AvgIpc) is 2.40. The number of anilines is 1. The molecular formula is C12H12F3IN2O3. The van der Waals surface area contributed by atoms with E-state index in [-0.39, 0.29) is 18.1 Å². The van der Waals surface area contributed by atoms with Crippen molar-refractivity contribution in [2.75, 3.05) is 16.5 Å². The van der Waals surface area contributed by atoms with E-state index in [1.165, 1.54) is 12.1 Å². The van der Waals surface area contributed by atoms with Crippen LogP contribution in [0.25, 0.3) is 0 Å². The lowest BCUT2D eigenvalue weighted by Gasteiger charge is -2.09. The minimum atomic E-state index is -4.73. The van der Waals surface area contributed by atoms with Crippen LogP contribution in [0.4, 0.5) is 18.9 Å². The van der Waals surface area contributed by atoms with Gasteiger partial charge in [0.25, 0.3) is 0 Å². The predicted molar refractivity (Wildman–Crippen MR) is 79.7 cm³/mol. The second-order valence-electron chi connectivity index (χ2n) is 3.60. The van der Waals surface area contributed by atoms with E-state index in [9.17, 15) is 18.0 Å². The third-order valence-electron chi connectivity index (χ3n) is 2.05. The van der Waals surface area contributed by atoms with E-state index in [0.29, 0.717) is 10.1 Å². The van der Waals surface area contributed by atoms with E-state index in [0.717, 1.165) is 12.1 Å². The highest BCUT2D eigenvalue weighted by Crippen LogP contribution is 2.23. The molecule has 0 saturated heterocycles. The number of hydrazone groups is 1. The summed E-state index contributed by atoms with van der Waals surface area (Å²) in [6.07, 6.45) is -4.73. The van der Waals surface area contributed by atoms with Crippen LogP contribution in [-0.4, -0.2) is 29.1 Å². The highest BCUT2D eigenvalue weighted by atomic mass is 127. The number of rotatable bonds is 6. The van der Waals surface area contributed by atoms with Crippen LogP contribution >= 0.6 is 22.6 Å². The molecule has 1 aromatic carbocycles. The molecule has 0 spiro atoms. The number of hydrogen-bond acceptors (Lipinski definition) is 5. The molecule has 0 atom stereocenters. The molecule has 0 bridgehead atoms.